The largest absolute Gasteiger partial charge is 0.444 e. The van der Waals surface area contributed by atoms with Crippen molar-refractivity contribution in [2.24, 2.45) is 0 Å². The van der Waals surface area contributed by atoms with Gasteiger partial charge in [-0.15, -0.1) is 0 Å². The van der Waals surface area contributed by atoms with Gasteiger partial charge < -0.3 is 28.9 Å². The summed E-state index contributed by atoms with van der Waals surface area (Å²) in [7, 11) is 0. The van der Waals surface area contributed by atoms with E-state index in [1.807, 2.05) is 20.8 Å². The molecule has 0 spiro atoms. The number of carbonyl (C=O) groups excluding carboxylic acids is 2. The van der Waals surface area contributed by atoms with Crippen LogP contribution < -0.4 is 0 Å². The highest BCUT2D eigenvalue weighted by Gasteiger charge is 2.27. The molecule has 1 aromatic carbocycles. The molecule has 190 valence electrons. The van der Waals surface area contributed by atoms with Gasteiger partial charge in [0.05, 0.1) is 12.2 Å². The Morgan fingerprint density at radius 2 is 1.80 bits per heavy atom. The van der Waals surface area contributed by atoms with Crippen molar-refractivity contribution in [2.75, 3.05) is 26.2 Å². The van der Waals surface area contributed by atoms with Gasteiger partial charge >= 0.3 is 6.09 Å². The molecule has 1 aromatic heterocycles. The molecule has 2 amide bonds. The second kappa shape index (κ2) is 10.7. The van der Waals surface area contributed by atoms with Crippen molar-refractivity contribution >= 4 is 12.0 Å². The Hall–Kier alpha value is -2.98. The number of carbonyl (C=O) groups is 2. The number of nitrogens with zero attached hydrogens (tertiary/aromatic N) is 4. The maximum absolute atomic E-state index is 12.7. The zero-order chi connectivity index (χ0) is 25.0. The molecule has 0 bridgehead atoms. The number of rotatable bonds is 5. The van der Waals surface area contributed by atoms with E-state index in [-0.39, 0.29) is 24.7 Å². The molecule has 1 unspecified atom stereocenters. The van der Waals surface area contributed by atoms with Gasteiger partial charge in [0.2, 0.25) is 0 Å². The Balaban J connectivity index is 1.25. The van der Waals surface area contributed by atoms with Crippen LogP contribution in [0.4, 0.5) is 4.79 Å². The Labute approximate surface area is 205 Å². The summed E-state index contributed by atoms with van der Waals surface area (Å²) in [5.41, 5.74) is 0.765. The van der Waals surface area contributed by atoms with Crippen LogP contribution >= 0.6 is 0 Å². The predicted octanol–water partition coefficient (Wildman–Crippen LogP) is 3.25. The number of aliphatic hydroxyl groups is 1. The SMILES string of the molecule is CC(C)(C)OC(=O)N1CCC(OCc2noc(-c3ccc(C(=O)N4CCCC(O)C4)cc3)n2)CC1. The lowest BCUT2D eigenvalue weighted by Gasteiger charge is -2.33. The van der Waals surface area contributed by atoms with Gasteiger partial charge in [-0.25, -0.2) is 4.79 Å². The zero-order valence-electron chi connectivity index (χ0n) is 20.6. The number of ether oxygens (including phenoxy) is 2. The highest BCUT2D eigenvalue weighted by molar-refractivity contribution is 5.94. The standard InChI is InChI=1S/C25H34N4O6/c1-25(2,3)34-24(32)28-13-10-20(11-14-28)33-16-21-26-22(35-27-21)17-6-8-18(9-7-17)23(31)29-12-4-5-19(30)15-29/h6-9,19-20,30H,4-5,10-16H2,1-3H3. The molecule has 0 aliphatic carbocycles. The number of β-amino-alcohol motifs (C(OH)–C–C–N with tert-alkyl or cyclic N) is 1. The third-order valence-electron chi connectivity index (χ3n) is 6.07. The van der Waals surface area contributed by atoms with Gasteiger partial charge in [-0.1, -0.05) is 5.16 Å². The van der Waals surface area contributed by atoms with Gasteiger partial charge in [-0.3, -0.25) is 4.79 Å². The molecule has 2 aromatic rings. The quantitative estimate of drug-likeness (QED) is 0.684. The third kappa shape index (κ3) is 6.79. The molecule has 0 radical (unpaired) electrons. The van der Waals surface area contributed by atoms with Crippen molar-refractivity contribution in [1.29, 1.82) is 0 Å². The monoisotopic (exact) mass is 486 g/mol. The Morgan fingerprint density at radius 1 is 1.09 bits per heavy atom. The molecule has 0 saturated carbocycles. The van der Waals surface area contributed by atoms with E-state index in [1.54, 1.807) is 34.1 Å². The number of aromatic nitrogens is 2. The predicted molar refractivity (Wildman–Crippen MR) is 126 cm³/mol. The molecule has 1 N–H and O–H groups in total. The van der Waals surface area contributed by atoms with Crippen molar-refractivity contribution in [3.63, 3.8) is 0 Å². The summed E-state index contributed by atoms with van der Waals surface area (Å²) in [6.45, 7) is 7.98. The van der Waals surface area contributed by atoms with E-state index in [2.05, 4.69) is 10.1 Å². The van der Waals surface area contributed by atoms with E-state index in [0.717, 1.165) is 12.8 Å². The first-order chi connectivity index (χ1) is 16.7. The molecule has 10 nitrogen and oxygen atoms in total. The lowest BCUT2D eigenvalue weighted by molar-refractivity contribution is -0.0190. The maximum Gasteiger partial charge on any atom is 0.410 e. The van der Waals surface area contributed by atoms with Crippen LogP contribution in [0.3, 0.4) is 0 Å². The number of aliphatic hydroxyl groups excluding tert-OH is 1. The number of hydrogen-bond acceptors (Lipinski definition) is 8. The van der Waals surface area contributed by atoms with Crippen molar-refractivity contribution in [3.8, 4) is 11.5 Å². The van der Waals surface area contributed by atoms with Crippen molar-refractivity contribution < 1.29 is 28.7 Å². The van der Waals surface area contributed by atoms with Gasteiger partial charge in [-0.05, 0) is 70.7 Å². The van der Waals surface area contributed by atoms with Crippen molar-refractivity contribution in [3.05, 3.63) is 35.7 Å². The van der Waals surface area contributed by atoms with Gasteiger partial charge in [0.15, 0.2) is 5.82 Å². The summed E-state index contributed by atoms with van der Waals surface area (Å²) >= 11 is 0. The van der Waals surface area contributed by atoms with E-state index < -0.39 is 11.7 Å². The first-order valence-electron chi connectivity index (χ1n) is 12.2. The minimum absolute atomic E-state index is 0.00855. The average Bonchev–Trinajstić information content (AvgIpc) is 3.31. The van der Waals surface area contributed by atoms with Crippen LogP contribution in [0.5, 0.6) is 0 Å². The number of piperidine rings is 2. The average molecular weight is 487 g/mol. The van der Waals surface area contributed by atoms with E-state index in [1.165, 1.54) is 0 Å². The van der Waals surface area contributed by atoms with Crippen LogP contribution in [0.2, 0.25) is 0 Å². The van der Waals surface area contributed by atoms with Crippen LogP contribution in [0, 0.1) is 0 Å². The Morgan fingerprint density at radius 3 is 2.46 bits per heavy atom. The molecule has 2 aliphatic rings. The Kier molecular flexibility index (Phi) is 7.71. The lowest BCUT2D eigenvalue weighted by atomic mass is 10.1. The van der Waals surface area contributed by atoms with E-state index >= 15 is 0 Å². The second-order valence-electron chi connectivity index (χ2n) is 10.1. The first-order valence-corrected chi connectivity index (χ1v) is 12.2. The molecule has 2 fully saturated rings. The molecule has 10 heteroatoms. The van der Waals surface area contributed by atoms with Crippen molar-refractivity contribution in [1.82, 2.24) is 19.9 Å². The molecular formula is C25H34N4O6. The highest BCUT2D eigenvalue weighted by Crippen LogP contribution is 2.22. The van der Waals surface area contributed by atoms with Crippen LogP contribution in [0.1, 0.15) is 62.6 Å². The molecule has 35 heavy (non-hydrogen) atoms. The summed E-state index contributed by atoms with van der Waals surface area (Å²) in [6, 6.07) is 7.02. The molecule has 2 aliphatic heterocycles. The number of hydrogen-bond donors (Lipinski definition) is 1. The summed E-state index contributed by atoms with van der Waals surface area (Å²) in [4.78, 5) is 32.7. The number of benzene rings is 1. The molecule has 3 heterocycles. The molecular weight excluding hydrogens is 452 g/mol. The minimum atomic E-state index is -0.506. The number of amides is 2. The van der Waals surface area contributed by atoms with E-state index in [9.17, 15) is 14.7 Å². The molecule has 2 saturated heterocycles. The van der Waals surface area contributed by atoms with E-state index in [4.69, 9.17) is 14.0 Å². The fourth-order valence-electron chi connectivity index (χ4n) is 4.23. The first kappa shape index (κ1) is 25.1. The fourth-order valence-corrected chi connectivity index (χ4v) is 4.23. The van der Waals surface area contributed by atoms with Crippen molar-refractivity contribution in [2.45, 2.75) is 70.9 Å². The van der Waals surface area contributed by atoms with Gasteiger partial charge in [0, 0.05) is 37.3 Å². The summed E-state index contributed by atoms with van der Waals surface area (Å²) in [6.07, 6.45) is 2.23. The topological polar surface area (TPSA) is 118 Å². The minimum Gasteiger partial charge on any atom is -0.444 e. The highest BCUT2D eigenvalue weighted by atomic mass is 16.6. The van der Waals surface area contributed by atoms with Crippen LogP contribution in [0.15, 0.2) is 28.8 Å². The van der Waals surface area contributed by atoms with Gasteiger partial charge in [0.1, 0.15) is 12.2 Å². The maximum atomic E-state index is 12.7. The summed E-state index contributed by atoms with van der Waals surface area (Å²) in [5.74, 6) is 0.709. The normalized spacial score (nSPS) is 19.6. The molecule has 4 rings (SSSR count). The lowest BCUT2D eigenvalue weighted by Crippen LogP contribution is -2.43. The van der Waals surface area contributed by atoms with Crippen LogP contribution in [0.25, 0.3) is 11.5 Å². The van der Waals surface area contributed by atoms with Gasteiger partial charge in [-0.2, -0.15) is 4.98 Å². The summed E-state index contributed by atoms with van der Waals surface area (Å²) in [5, 5.41) is 13.8. The molecule has 1 atom stereocenters. The van der Waals surface area contributed by atoms with Crippen LogP contribution in [-0.2, 0) is 16.1 Å². The summed E-state index contributed by atoms with van der Waals surface area (Å²) < 4.78 is 16.7. The van der Waals surface area contributed by atoms with Crippen LogP contribution in [-0.4, -0.2) is 81.0 Å². The van der Waals surface area contributed by atoms with Gasteiger partial charge in [0.25, 0.3) is 11.8 Å². The smallest absolute Gasteiger partial charge is 0.410 e. The fraction of sp³-hybridized carbons (Fsp3) is 0.600. The van der Waals surface area contributed by atoms with E-state index in [0.29, 0.717) is 61.9 Å². The Bertz CT molecular complexity index is 1010. The second-order valence-corrected chi connectivity index (χ2v) is 10.1. The third-order valence-corrected chi connectivity index (χ3v) is 6.07. The zero-order valence-corrected chi connectivity index (χ0v) is 20.6. The number of likely N-dealkylation sites (tertiary alicyclic amines) is 2.